The van der Waals surface area contributed by atoms with Gasteiger partial charge in [-0.3, -0.25) is 9.97 Å². The third kappa shape index (κ3) is 3.59. The van der Waals surface area contributed by atoms with E-state index in [1.165, 1.54) is 5.56 Å². The summed E-state index contributed by atoms with van der Waals surface area (Å²) in [4.78, 5) is 11.2. The maximum atomic E-state index is 5.84. The number of thiocarbonyl (C=S) groups is 1. The molecule has 154 valence electrons. The molecule has 1 N–H and O–H groups in total. The van der Waals surface area contributed by atoms with Gasteiger partial charge in [-0.05, 0) is 72.7 Å². The number of nitrogens with one attached hydrogen (secondary N) is 1. The monoisotopic (exact) mass is 425 g/mol. The minimum atomic E-state index is -0.0788. The number of hydrogen-bond donors (Lipinski definition) is 1. The summed E-state index contributed by atoms with van der Waals surface area (Å²) in [6, 6.07) is 22.7. The van der Waals surface area contributed by atoms with Gasteiger partial charge in [0.2, 0.25) is 0 Å². The first-order chi connectivity index (χ1) is 15.3. The summed E-state index contributed by atoms with van der Waals surface area (Å²) in [7, 11) is 0. The second-order valence-corrected chi connectivity index (χ2v) is 7.92. The van der Waals surface area contributed by atoms with E-state index in [9.17, 15) is 0 Å². The van der Waals surface area contributed by atoms with Crippen LogP contribution in [0.5, 0.6) is 0 Å². The van der Waals surface area contributed by atoms with Crippen LogP contribution in [-0.4, -0.2) is 19.6 Å². The molecule has 5 nitrogen and oxygen atoms in total. The molecule has 0 aliphatic carbocycles. The molecule has 1 saturated heterocycles. The molecule has 5 rings (SSSR count). The smallest absolute Gasteiger partial charge is 0.174 e. The van der Waals surface area contributed by atoms with Crippen LogP contribution in [-0.2, 0) is 6.42 Å². The quantitative estimate of drug-likeness (QED) is 0.456. The average Bonchev–Trinajstić information content (AvgIpc) is 3.44. The van der Waals surface area contributed by atoms with Gasteiger partial charge in [-0.25, -0.2) is 0 Å². The fourth-order valence-corrected chi connectivity index (χ4v) is 4.54. The van der Waals surface area contributed by atoms with Crippen molar-refractivity contribution in [2.75, 3.05) is 4.90 Å². The third-order valence-corrected chi connectivity index (χ3v) is 6.04. The van der Waals surface area contributed by atoms with Gasteiger partial charge in [0.1, 0.15) is 6.04 Å². The Balaban J connectivity index is 1.65. The summed E-state index contributed by atoms with van der Waals surface area (Å²) in [5.41, 5.74) is 5.47. The maximum Gasteiger partial charge on any atom is 0.174 e. The average molecular weight is 426 g/mol. The van der Waals surface area contributed by atoms with Crippen LogP contribution in [0.25, 0.3) is 5.69 Å². The highest BCUT2D eigenvalue weighted by molar-refractivity contribution is 7.80. The van der Waals surface area contributed by atoms with Gasteiger partial charge in [-0.1, -0.05) is 25.1 Å². The first-order valence-electron chi connectivity index (χ1n) is 10.4. The molecule has 0 saturated carbocycles. The zero-order valence-electron chi connectivity index (χ0n) is 17.2. The minimum Gasteiger partial charge on any atom is -0.351 e. The van der Waals surface area contributed by atoms with Gasteiger partial charge in [0.05, 0.1) is 23.6 Å². The van der Waals surface area contributed by atoms with Crippen LogP contribution in [0, 0.1) is 0 Å². The van der Waals surface area contributed by atoms with Gasteiger partial charge in [0.15, 0.2) is 5.11 Å². The molecule has 1 fully saturated rings. The Kier molecular flexibility index (Phi) is 5.22. The fraction of sp³-hybridized carbons (Fsp3) is 0.160. The number of nitrogens with zero attached hydrogens (tertiary/aromatic N) is 4. The lowest BCUT2D eigenvalue weighted by Crippen LogP contribution is -2.30. The Morgan fingerprint density at radius 1 is 0.935 bits per heavy atom. The van der Waals surface area contributed by atoms with Crippen molar-refractivity contribution in [2.24, 2.45) is 0 Å². The molecule has 1 aliphatic heterocycles. The zero-order chi connectivity index (χ0) is 21.2. The first-order valence-corrected chi connectivity index (χ1v) is 10.8. The molecule has 1 aromatic carbocycles. The van der Waals surface area contributed by atoms with E-state index in [1.807, 2.05) is 36.7 Å². The molecule has 0 bridgehead atoms. The lowest BCUT2D eigenvalue weighted by molar-refractivity contribution is 0.549. The predicted molar refractivity (Wildman–Crippen MR) is 127 cm³/mol. The first kappa shape index (κ1) is 19.5. The number of aryl methyl sites for hydroxylation is 1. The van der Waals surface area contributed by atoms with Crippen LogP contribution >= 0.6 is 12.2 Å². The molecule has 0 radical (unpaired) electrons. The Bertz CT molecular complexity index is 1170. The Morgan fingerprint density at radius 2 is 1.81 bits per heavy atom. The van der Waals surface area contributed by atoms with Crippen molar-refractivity contribution >= 4 is 23.0 Å². The van der Waals surface area contributed by atoms with Crippen LogP contribution in [0.3, 0.4) is 0 Å². The van der Waals surface area contributed by atoms with Crippen molar-refractivity contribution in [1.82, 2.24) is 19.9 Å². The molecule has 4 heterocycles. The van der Waals surface area contributed by atoms with E-state index in [1.54, 1.807) is 6.20 Å². The summed E-state index contributed by atoms with van der Waals surface area (Å²) in [6.45, 7) is 2.16. The van der Waals surface area contributed by atoms with Crippen LogP contribution in [0.4, 0.5) is 5.69 Å². The molecular weight excluding hydrogens is 402 g/mol. The highest BCUT2D eigenvalue weighted by Gasteiger charge is 2.42. The van der Waals surface area contributed by atoms with Crippen molar-refractivity contribution in [3.63, 3.8) is 0 Å². The summed E-state index contributed by atoms with van der Waals surface area (Å²) in [5, 5.41) is 4.23. The lowest BCUT2D eigenvalue weighted by atomic mass is 10.0. The molecule has 1 aliphatic rings. The Morgan fingerprint density at radius 3 is 2.52 bits per heavy atom. The third-order valence-electron chi connectivity index (χ3n) is 5.73. The van der Waals surface area contributed by atoms with Gasteiger partial charge in [0.25, 0.3) is 0 Å². The zero-order valence-corrected chi connectivity index (χ0v) is 18.0. The van der Waals surface area contributed by atoms with E-state index < -0.39 is 0 Å². The fourth-order valence-electron chi connectivity index (χ4n) is 4.19. The van der Waals surface area contributed by atoms with E-state index in [0.717, 1.165) is 29.2 Å². The summed E-state index contributed by atoms with van der Waals surface area (Å²) in [6.07, 6.45) is 8.57. The van der Waals surface area contributed by atoms with E-state index >= 15 is 0 Å². The van der Waals surface area contributed by atoms with E-state index in [4.69, 9.17) is 12.2 Å². The number of rotatable bonds is 5. The maximum absolute atomic E-state index is 5.84. The van der Waals surface area contributed by atoms with Gasteiger partial charge >= 0.3 is 0 Å². The molecule has 3 aromatic heterocycles. The van der Waals surface area contributed by atoms with Crippen LogP contribution in [0.1, 0.15) is 36.0 Å². The molecule has 4 aromatic rings. The second kappa shape index (κ2) is 8.32. The molecule has 2 unspecified atom stereocenters. The molecule has 2 atom stereocenters. The van der Waals surface area contributed by atoms with Crippen molar-refractivity contribution < 1.29 is 0 Å². The van der Waals surface area contributed by atoms with Crippen LogP contribution in [0.2, 0.25) is 0 Å². The molecule has 31 heavy (non-hydrogen) atoms. The molecule has 6 heteroatoms. The van der Waals surface area contributed by atoms with Crippen molar-refractivity contribution in [3.8, 4) is 5.69 Å². The van der Waals surface area contributed by atoms with Gasteiger partial charge < -0.3 is 14.8 Å². The molecule has 0 spiro atoms. The lowest BCUT2D eigenvalue weighted by Gasteiger charge is -2.29. The van der Waals surface area contributed by atoms with E-state index in [0.29, 0.717) is 5.11 Å². The van der Waals surface area contributed by atoms with E-state index in [-0.39, 0.29) is 12.1 Å². The number of anilines is 1. The number of aromatic nitrogens is 3. The standard InChI is InChI=1S/C25H23N5S/c1-2-18-10-12-19(13-11-18)30-24(23(28-25(30)31)21-8-3-4-15-27-21)22-9-6-16-29(22)20-7-5-14-26-17-20/h3-17,23-24H,2H2,1H3,(H,28,31). The number of benzene rings is 1. The largest absolute Gasteiger partial charge is 0.351 e. The number of pyridine rings is 2. The van der Waals surface area contributed by atoms with Gasteiger partial charge in [-0.15, -0.1) is 0 Å². The van der Waals surface area contributed by atoms with Crippen molar-refractivity contribution in [3.05, 3.63) is 108 Å². The second-order valence-electron chi connectivity index (χ2n) is 7.53. The van der Waals surface area contributed by atoms with Gasteiger partial charge in [-0.2, -0.15) is 0 Å². The Hall–Kier alpha value is -3.51. The molecular formula is C25H23N5S. The van der Waals surface area contributed by atoms with Crippen molar-refractivity contribution in [1.29, 1.82) is 0 Å². The highest BCUT2D eigenvalue weighted by atomic mass is 32.1. The van der Waals surface area contributed by atoms with Crippen LogP contribution < -0.4 is 10.2 Å². The summed E-state index contributed by atoms with van der Waals surface area (Å²) >= 11 is 5.84. The normalized spacial score (nSPS) is 18.2. The highest BCUT2D eigenvalue weighted by Crippen LogP contribution is 2.42. The number of hydrogen-bond acceptors (Lipinski definition) is 3. The van der Waals surface area contributed by atoms with E-state index in [2.05, 4.69) is 80.3 Å². The SMILES string of the molecule is CCc1ccc(N2C(=S)NC(c3ccccn3)C2c2cccn2-c2cccnc2)cc1. The van der Waals surface area contributed by atoms with Crippen molar-refractivity contribution in [2.45, 2.75) is 25.4 Å². The summed E-state index contributed by atoms with van der Waals surface area (Å²) < 4.78 is 2.18. The Labute approximate surface area is 187 Å². The topological polar surface area (TPSA) is 46.0 Å². The predicted octanol–water partition coefficient (Wildman–Crippen LogP) is 5.01. The summed E-state index contributed by atoms with van der Waals surface area (Å²) in [5.74, 6) is 0. The van der Waals surface area contributed by atoms with Crippen LogP contribution in [0.15, 0.2) is 91.5 Å². The minimum absolute atomic E-state index is 0.0647. The van der Waals surface area contributed by atoms with Gasteiger partial charge in [0, 0.05) is 30.0 Å². The molecule has 0 amide bonds.